The van der Waals surface area contributed by atoms with Crippen LogP contribution in [0.4, 0.5) is 4.79 Å². The molecule has 1 unspecified atom stereocenters. The van der Waals surface area contributed by atoms with E-state index >= 15 is 0 Å². The first-order valence-corrected chi connectivity index (χ1v) is 12.5. The quantitative estimate of drug-likeness (QED) is 0.503. The summed E-state index contributed by atoms with van der Waals surface area (Å²) in [7, 11) is 0. The Morgan fingerprint density at radius 1 is 1.03 bits per heavy atom. The first-order chi connectivity index (χ1) is 16.8. The van der Waals surface area contributed by atoms with E-state index < -0.39 is 23.6 Å². The summed E-state index contributed by atoms with van der Waals surface area (Å²) in [5.74, 6) is -0.943. The van der Waals surface area contributed by atoms with Crippen molar-refractivity contribution in [1.29, 1.82) is 0 Å². The van der Waals surface area contributed by atoms with Gasteiger partial charge in [-0.2, -0.15) is 0 Å². The van der Waals surface area contributed by atoms with Gasteiger partial charge < -0.3 is 20.5 Å². The number of carboxylic acids is 1. The number of alkyl carbamates (subject to hydrolysis) is 1. The van der Waals surface area contributed by atoms with Gasteiger partial charge in [-0.1, -0.05) is 62.4 Å². The van der Waals surface area contributed by atoms with E-state index in [1.807, 2.05) is 31.2 Å². The second-order valence-corrected chi connectivity index (χ2v) is 9.90. The molecule has 35 heavy (non-hydrogen) atoms. The molecule has 0 radical (unpaired) electrons. The van der Waals surface area contributed by atoms with Crippen LogP contribution in [0.25, 0.3) is 11.1 Å². The Hall–Kier alpha value is -3.35. The highest BCUT2D eigenvalue weighted by Gasteiger charge is 2.42. The van der Waals surface area contributed by atoms with Crippen LogP contribution in [0.5, 0.6) is 0 Å². The number of carboxylic acid groups (broad SMARTS) is 1. The highest BCUT2D eigenvalue weighted by atomic mass is 16.5. The van der Waals surface area contributed by atoms with Gasteiger partial charge in [-0.15, -0.1) is 0 Å². The molecular weight excluding hydrogens is 444 g/mol. The van der Waals surface area contributed by atoms with Crippen molar-refractivity contribution >= 4 is 18.0 Å². The summed E-state index contributed by atoms with van der Waals surface area (Å²) in [6.45, 7) is 4.17. The molecule has 186 valence electrons. The molecule has 1 fully saturated rings. The van der Waals surface area contributed by atoms with E-state index in [0.717, 1.165) is 35.1 Å². The van der Waals surface area contributed by atoms with E-state index in [1.165, 1.54) is 0 Å². The van der Waals surface area contributed by atoms with Gasteiger partial charge in [-0.25, -0.2) is 9.59 Å². The smallest absolute Gasteiger partial charge is 0.407 e. The molecule has 4 rings (SSSR count). The molecule has 0 aromatic heterocycles. The molecule has 0 aliphatic heterocycles. The van der Waals surface area contributed by atoms with Crippen molar-refractivity contribution in [3.8, 4) is 11.1 Å². The van der Waals surface area contributed by atoms with E-state index in [2.05, 4.69) is 41.8 Å². The molecule has 0 heterocycles. The van der Waals surface area contributed by atoms with E-state index in [1.54, 1.807) is 0 Å². The maximum atomic E-state index is 12.7. The largest absolute Gasteiger partial charge is 0.480 e. The molecular formula is C28H34N2O5. The Morgan fingerprint density at radius 2 is 1.60 bits per heavy atom. The third kappa shape index (κ3) is 5.34. The highest BCUT2D eigenvalue weighted by molar-refractivity contribution is 5.87. The maximum absolute atomic E-state index is 12.7. The predicted molar refractivity (Wildman–Crippen MR) is 133 cm³/mol. The van der Waals surface area contributed by atoms with Gasteiger partial charge >= 0.3 is 12.1 Å². The van der Waals surface area contributed by atoms with E-state index in [0.29, 0.717) is 25.2 Å². The highest BCUT2D eigenvalue weighted by Crippen LogP contribution is 2.44. The van der Waals surface area contributed by atoms with Gasteiger partial charge in [-0.3, -0.25) is 4.79 Å². The summed E-state index contributed by atoms with van der Waals surface area (Å²) >= 11 is 0. The second kappa shape index (κ2) is 10.5. The van der Waals surface area contributed by atoms with Crippen LogP contribution in [-0.2, 0) is 14.3 Å². The molecule has 1 atom stereocenters. The van der Waals surface area contributed by atoms with Crippen LogP contribution in [0.2, 0.25) is 0 Å². The first-order valence-electron chi connectivity index (χ1n) is 12.5. The summed E-state index contributed by atoms with van der Waals surface area (Å²) in [5.41, 5.74) is 3.36. The number of benzene rings is 2. The van der Waals surface area contributed by atoms with Crippen LogP contribution in [0, 0.1) is 5.92 Å². The molecule has 0 bridgehead atoms. The topological polar surface area (TPSA) is 105 Å². The summed E-state index contributed by atoms with van der Waals surface area (Å²) in [6, 6.07) is 15.8. The Bertz CT molecular complexity index is 1040. The zero-order chi connectivity index (χ0) is 25.0. The van der Waals surface area contributed by atoms with Crippen molar-refractivity contribution < 1.29 is 24.2 Å². The normalized spacial score (nSPS) is 21.9. The fraction of sp³-hybridized carbons (Fsp3) is 0.464. The van der Waals surface area contributed by atoms with Crippen molar-refractivity contribution in [3.05, 3.63) is 59.7 Å². The van der Waals surface area contributed by atoms with Crippen molar-refractivity contribution in [2.24, 2.45) is 5.92 Å². The van der Waals surface area contributed by atoms with Gasteiger partial charge in [0.05, 0.1) is 0 Å². The van der Waals surface area contributed by atoms with Crippen LogP contribution < -0.4 is 10.6 Å². The Morgan fingerprint density at radius 3 is 2.14 bits per heavy atom. The Labute approximate surface area is 206 Å². The third-order valence-electron chi connectivity index (χ3n) is 7.51. The number of hydrogen-bond acceptors (Lipinski definition) is 4. The lowest BCUT2D eigenvalue weighted by molar-refractivity contribution is -0.149. The maximum Gasteiger partial charge on any atom is 0.407 e. The molecule has 2 aliphatic rings. The molecule has 1 saturated carbocycles. The SMILES string of the molecule is CCC(CC(=O)NC1(C(=O)O)CCC(C)CC1)NC(=O)OCC1c2ccccc2-c2ccccc21. The third-order valence-corrected chi connectivity index (χ3v) is 7.51. The Kier molecular flexibility index (Phi) is 7.43. The molecule has 7 heteroatoms. The summed E-state index contributed by atoms with van der Waals surface area (Å²) in [4.78, 5) is 37.3. The van der Waals surface area contributed by atoms with Gasteiger partial charge in [0.2, 0.25) is 5.91 Å². The van der Waals surface area contributed by atoms with E-state index in [4.69, 9.17) is 4.74 Å². The van der Waals surface area contributed by atoms with Crippen molar-refractivity contribution in [2.45, 2.75) is 69.9 Å². The van der Waals surface area contributed by atoms with Gasteiger partial charge in [0, 0.05) is 18.4 Å². The summed E-state index contributed by atoms with van der Waals surface area (Å²) in [5, 5.41) is 15.3. The molecule has 3 N–H and O–H groups in total. The molecule has 0 spiro atoms. The molecule has 2 aliphatic carbocycles. The van der Waals surface area contributed by atoms with Gasteiger partial charge in [0.1, 0.15) is 12.1 Å². The van der Waals surface area contributed by atoms with Gasteiger partial charge in [0.15, 0.2) is 0 Å². The number of hydrogen-bond donors (Lipinski definition) is 3. The van der Waals surface area contributed by atoms with Crippen LogP contribution in [-0.4, -0.2) is 41.3 Å². The number of nitrogens with one attached hydrogen (secondary N) is 2. The number of aliphatic carboxylic acids is 1. The molecule has 2 aromatic carbocycles. The predicted octanol–water partition coefficient (Wildman–Crippen LogP) is 4.84. The van der Waals surface area contributed by atoms with Gasteiger partial charge in [0.25, 0.3) is 0 Å². The van der Waals surface area contributed by atoms with Crippen LogP contribution >= 0.6 is 0 Å². The average Bonchev–Trinajstić information content (AvgIpc) is 3.17. The van der Waals surface area contributed by atoms with Crippen molar-refractivity contribution in [1.82, 2.24) is 10.6 Å². The van der Waals surface area contributed by atoms with Crippen LogP contribution in [0.1, 0.15) is 69.4 Å². The number of carbonyl (C=O) groups is 3. The lowest BCUT2D eigenvalue weighted by Crippen LogP contribution is -2.57. The second-order valence-electron chi connectivity index (χ2n) is 9.90. The van der Waals surface area contributed by atoms with E-state index in [9.17, 15) is 19.5 Å². The summed E-state index contributed by atoms with van der Waals surface area (Å²) < 4.78 is 5.60. The minimum Gasteiger partial charge on any atom is -0.480 e. The molecule has 0 saturated heterocycles. The zero-order valence-electron chi connectivity index (χ0n) is 20.4. The minimum atomic E-state index is -1.22. The number of carbonyl (C=O) groups excluding carboxylic acids is 2. The fourth-order valence-corrected chi connectivity index (χ4v) is 5.29. The summed E-state index contributed by atoms with van der Waals surface area (Å²) in [6.07, 6.45) is 2.33. The van der Waals surface area contributed by atoms with Gasteiger partial charge in [-0.05, 0) is 60.3 Å². The Balaban J connectivity index is 1.33. The van der Waals surface area contributed by atoms with Crippen LogP contribution in [0.15, 0.2) is 48.5 Å². The standard InChI is InChI=1S/C28H34N2O5/c1-3-19(16-25(31)30-28(26(32)33)14-12-18(2)13-15-28)29-27(34)35-17-24-22-10-6-4-8-20(22)21-9-5-7-11-23(21)24/h4-11,18-19,24H,3,12-17H2,1-2H3,(H,29,34)(H,30,31)(H,32,33). The lowest BCUT2D eigenvalue weighted by atomic mass is 9.77. The lowest BCUT2D eigenvalue weighted by Gasteiger charge is -2.36. The minimum absolute atomic E-state index is 0.00524. The number of ether oxygens (including phenoxy) is 1. The van der Waals surface area contributed by atoms with Crippen molar-refractivity contribution in [2.75, 3.05) is 6.61 Å². The van der Waals surface area contributed by atoms with E-state index in [-0.39, 0.29) is 24.9 Å². The monoisotopic (exact) mass is 478 g/mol. The number of fused-ring (bicyclic) bond motifs is 3. The first kappa shape index (κ1) is 24.8. The molecule has 2 aromatic rings. The fourth-order valence-electron chi connectivity index (χ4n) is 5.29. The molecule has 7 nitrogen and oxygen atoms in total. The molecule has 2 amide bonds. The zero-order valence-corrected chi connectivity index (χ0v) is 20.4. The van der Waals surface area contributed by atoms with Crippen molar-refractivity contribution in [3.63, 3.8) is 0 Å². The number of amides is 2. The average molecular weight is 479 g/mol. The number of rotatable bonds is 8. The van der Waals surface area contributed by atoms with Crippen LogP contribution in [0.3, 0.4) is 0 Å².